The van der Waals surface area contributed by atoms with Crippen LogP contribution in [-0.4, -0.2) is 42.3 Å². The van der Waals surface area contributed by atoms with Crippen molar-refractivity contribution in [2.75, 3.05) is 19.6 Å². The molecule has 0 bridgehead atoms. The molecule has 1 N–H and O–H groups in total. The van der Waals surface area contributed by atoms with E-state index in [9.17, 15) is 4.79 Å². The van der Waals surface area contributed by atoms with Crippen LogP contribution in [-0.2, 0) is 4.74 Å². The third kappa shape index (κ3) is 6.86. The molecule has 1 saturated heterocycles. The Morgan fingerprint density at radius 2 is 2.24 bits per heavy atom. The van der Waals surface area contributed by atoms with Crippen molar-refractivity contribution in [3.8, 4) is 12.3 Å². The average Bonchev–Trinajstić information content (AvgIpc) is 2.42. The van der Waals surface area contributed by atoms with E-state index in [2.05, 4.69) is 18.2 Å². The molecule has 0 aromatic carbocycles. The number of rotatable bonds is 5. The first-order chi connectivity index (χ1) is 9.85. The number of amides is 1. The van der Waals surface area contributed by atoms with Crippen LogP contribution in [0.5, 0.6) is 0 Å². The molecule has 1 fully saturated rings. The van der Waals surface area contributed by atoms with E-state index in [1.165, 1.54) is 0 Å². The minimum atomic E-state index is -0.433. The van der Waals surface area contributed by atoms with Crippen LogP contribution in [0.1, 0.15) is 53.4 Å². The Kier molecular flexibility index (Phi) is 7.04. The molecule has 2 atom stereocenters. The second-order valence-electron chi connectivity index (χ2n) is 6.85. The van der Waals surface area contributed by atoms with E-state index < -0.39 is 5.60 Å². The number of piperidine rings is 1. The van der Waals surface area contributed by atoms with Gasteiger partial charge in [-0.25, -0.2) is 4.79 Å². The van der Waals surface area contributed by atoms with Crippen LogP contribution in [0.15, 0.2) is 0 Å². The second kappa shape index (κ2) is 8.29. The summed E-state index contributed by atoms with van der Waals surface area (Å²) in [7, 11) is 0. The number of likely N-dealkylation sites (tertiary alicyclic amines) is 1. The molecule has 1 amide bonds. The van der Waals surface area contributed by atoms with E-state index >= 15 is 0 Å². The molecule has 1 aliphatic rings. The summed E-state index contributed by atoms with van der Waals surface area (Å²) in [5.41, 5.74) is -0.433. The van der Waals surface area contributed by atoms with Gasteiger partial charge in [0.2, 0.25) is 0 Å². The average molecular weight is 294 g/mol. The number of carbonyl (C=O) groups excluding carboxylic acids is 1. The molecule has 1 aliphatic heterocycles. The van der Waals surface area contributed by atoms with Crippen LogP contribution in [0.2, 0.25) is 0 Å². The van der Waals surface area contributed by atoms with E-state index in [0.717, 1.165) is 45.3 Å². The molecular weight excluding hydrogens is 264 g/mol. The van der Waals surface area contributed by atoms with Crippen molar-refractivity contribution in [3.63, 3.8) is 0 Å². The van der Waals surface area contributed by atoms with E-state index in [1.54, 1.807) is 0 Å². The molecule has 2 unspecified atom stereocenters. The minimum Gasteiger partial charge on any atom is -0.444 e. The molecule has 0 aliphatic carbocycles. The maximum absolute atomic E-state index is 12.1. The van der Waals surface area contributed by atoms with Crippen LogP contribution in [0, 0.1) is 18.3 Å². The molecule has 4 heteroatoms. The first-order valence-corrected chi connectivity index (χ1v) is 8.03. The van der Waals surface area contributed by atoms with E-state index in [4.69, 9.17) is 11.2 Å². The lowest BCUT2D eigenvalue weighted by Crippen LogP contribution is -2.46. The Morgan fingerprint density at radius 1 is 1.52 bits per heavy atom. The number of hydrogen-bond acceptors (Lipinski definition) is 3. The SMILES string of the molecule is C#CC(CCC)NCC1CCCN(C(=O)OC(C)(C)C)C1. The van der Waals surface area contributed by atoms with Gasteiger partial charge in [0.15, 0.2) is 0 Å². The zero-order valence-electron chi connectivity index (χ0n) is 13.9. The lowest BCUT2D eigenvalue weighted by atomic mass is 9.97. The number of ether oxygens (including phenoxy) is 1. The highest BCUT2D eigenvalue weighted by Gasteiger charge is 2.27. The van der Waals surface area contributed by atoms with Crippen molar-refractivity contribution in [3.05, 3.63) is 0 Å². The van der Waals surface area contributed by atoms with E-state index in [0.29, 0.717) is 5.92 Å². The van der Waals surface area contributed by atoms with Crippen molar-refractivity contribution in [2.45, 2.75) is 65.0 Å². The summed E-state index contributed by atoms with van der Waals surface area (Å²) in [6.45, 7) is 10.2. The number of terminal acetylenes is 1. The van der Waals surface area contributed by atoms with Gasteiger partial charge >= 0.3 is 6.09 Å². The molecule has 21 heavy (non-hydrogen) atoms. The number of carbonyl (C=O) groups is 1. The van der Waals surface area contributed by atoms with Crippen molar-refractivity contribution in [1.82, 2.24) is 10.2 Å². The van der Waals surface area contributed by atoms with Crippen LogP contribution >= 0.6 is 0 Å². The van der Waals surface area contributed by atoms with Gasteiger partial charge in [-0.15, -0.1) is 6.42 Å². The Bertz CT molecular complexity index is 368. The fraction of sp³-hybridized carbons (Fsp3) is 0.824. The quantitative estimate of drug-likeness (QED) is 0.793. The Labute approximate surface area is 129 Å². The van der Waals surface area contributed by atoms with E-state index in [-0.39, 0.29) is 12.1 Å². The molecule has 1 heterocycles. The lowest BCUT2D eigenvalue weighted by molar-refractivity contribution is 0.0166. The van der Waals surface area contributed by atoms with Crippen molar-refractivity contribution in [2.24, 2.45) is 5.92 Å². The number of hydrogen-bond donors (Lipinski definition) is 1. The smallest absolute Gasteiger partial charge is 0.410 e. The molecule has 0 saturated carbocycles. The van der Waals surface area contributed by atoms with Gasteiger partial charge in [-0.3, -0.25) is 0 Å². The molecule has 0 radical (unpaired) electrons. The van der Waals surface area contributed by atoms with Gasteiger partial charge < -0.3 is 15.0 Å². The molecule has 4 nitrogen and oxygen atoms in total. The summed E-state index contributed by atoms with van der Waals surface area (Å²) >= 11 is 0. The third-order valence-corrected chi connectivity index (χ3v) is 3.60. The summed E-state index contributed by atoms with van der Waals surface area (Å²) in [5.74, 6) is 3.25. The predicted octanol–water partition coefficient (Wildman–Crippen LogP) is 3.03. The summed E-state index contributed by atoms with van der Waals surface area (Å²) in [6, 6.07) is 0.145. The monoisotopic (exact) mass is 294 g/mol. The fourth-order valence-corrected chi connectivity index (χ4v) is 2.57. The van der Waals surface area contributed by atoms with Crippen LogP contribution in [0.3, 0.4) is 0 Å². The number of nitrogens with zero attached hydrogens (tertiary/aromatic N) is 1. The van der Waals surface area contributed by atoms with Gasteiger partial charge in [0.25, 0.3) is 0 Å². The highest BCUT2D eigenvalue weighted by molar-refractivity contribution is 5.68. The van der Waals surface area contributed by atoms with Crippen molar-refractivity contribution < 1.29 is 9.53 Å². The van der Waals surface area contributed by atoms with Gasteiger partial charge in [0, 0.05) is 19.6 Å². The third-order valence-electron chi connectivity index (χ3n) is 3.60. The minimum absolute atomic E-state index is 0.145. The first kappa shape index (κ1) is 17.8. The molecule has 0 aromatic rings. The van der Waals surface area contributed by atoms with Gasteiger partial charge in [-0.2, -0.15) is 0 Å². The number of nitrogens with one attached hydrogen (secondary N) is 1. The highest BCUT2D eigenvalue weighted by atomic mass is 16.6. The Balaban J connectivity index is 2.42. The predicted molar refractivity (Wildman–Crippen MR) is 86.1 cm³/mol. The van der Waals surface area contributed by atoms with Gasteiger partial charge in [-0.1, -0.05) is 19.3 Å². The Hall–Kier alpha value is -1.21. The summed E-state index contributed by atoms with van der Waals surface area (Å²) in [4.78, 5) is 13.9. The lowest BCUT2D eigenvalue weighted by Gasteiger charge is -2.34. The largest absolute Gasteiger partial charge is 0.444 e. The first-order valence-electron chi connectivity index (χ1n) is 8.03. The second-order valence-corrected chi connectivity index (χ2v) is 6.85. The molecule has 1 rings (SSSR count). The maximum Gasteiger partial charge on any atom is 0.410 e. The topological polar surface area (TPSA) is 41.6 Å². The molecule has 0 aromatic heterocycles. The fourth-order valence-electron chi connectivity index (χ4n) is 2.57. The summed E-state index contributed by atoms with van der Waals surface area (Å²) in [5, 5.41) is 3.43. The van der Waals surface area contributed by atoms with E-state index in [1.807, 2.05) is 25.7 Å². The molecule has 0 spiro atoms. The van der Waals surface area contributed by atoms with Crippen LogP contribution in [0.4, 0.5) is 4.79 Å². The maximum atomic E-state index is 12.1. The van der Waals surface area contributed by atoms with Crippen LogP contribution < -0.4 is 5.32 Å². The van der Waals surface area contributed by atoms with Crippen LogP contribution in [0.25, 0.3) is 0 Å². The standard InChI is InChI=1S/C17H30N2O2/c1-6-9-15(7-2)18-12-14-10-8-11-19(13-14)16(20)21-17(3,4)5/h2,14-15,18H,6,8-13H2,1,3-5H3. The normalized spacial score (nSPS) is 20.7. The zero-order chi connectivity index (χ0) is 15.9. The Morgan fingerprint density at radius 3 is 2.81 bits per heavy atom. The highest BCUT2D eigenvalue weighted by Crippen LogP contribution is 2.19. The van der Waals surface area contributed by atoms with Gasteiger partial charge in [0.1, 0.15) is 5.60 Å². The molecule has 120 valence electrons. The zero-order valence-corrected chi connectivity index (χ0v) is 13.9. The summed E-state index contributed by atoms with van der Waals surface area (Å²) < 4.78 is 5.45. The van der Waals surface area contributed by atoms with Gasteiger partial charge in [0.05, 0.1) is 6.04 Å². The van der Waals surface area contributed by atoms with Crippen molar-refractivity contribution in [1.29, 1.82) is 0 Å². The summed E-state index contributed by atoms with van der Waals surface area (Å²) in [6.07, 6.45) is 9.56. The van der Waals surface area contributed by atoms with Crippen molar-refractivity contribution >= 4 is 6.09 Å². The molecular formula is C17H30N2O2. The van der Waals surface area contributed by atoms with Gasteiger partial charge in [-0.05, 0) is 46.0 Å².